The number of carbonyl (C=O) groups is 2. The van der Waals surface area contributed by atoms with E-state index in [-0.39, 0.29) is 17.6 Å². The summed E-state index contributed by atoms with van der Waals surface area (Å²) in [5, 5.41) is 7.41. The topological polar surface area (TPSA) is 80.4 Å². The maximum Gasteiger partial charge on any atom is 0.291 e. The summed E-state index contributed by atoms with van der Waals surface area (Å²) in [6.07, 6.45) is 1.44. The Balaban J connectivity index is 1.50. The van der Waals surface area contributed by atoms with E-state index in [9.17, 15) is 9.59 Å². The highest BCUT2D eigenvalue weighted by atomic mass is 16.3. The van der Waals surface area contributed by atoms with Gasteiger partial charge in [0.05, 0.1) is 17.6 Å². The van der Waals surface area contributed by atoms with E-state index in [4.69, 9.17) is 4.42 Å². The van der Waals surface area contributed by atoms with Crippen LogP contribution in [0.5, 0.6) is 0 Å². The van der Waals surface area contributed by atoms with Crippen LogP contribution in [0.2, 0.25) is 0 Å². The highest BCUT2D eigenvalue weighted by Crippen LogP contribution is 2.21. The van der Waals surface area contributed by atoms with Gasteiger partial charge in [0.1, 0.15) is 0 Å². The second-order valence-electron chi connectivity index (χ2n) is 7.57. The predicted octanol–water partition coefficient (Wildman–Crippen LogP) is 4.61. The number of nitrogens with zero attached hydrogens (tertiary/aromatic N) is 3. The molecule has 0 saturated carbocycles. The molecule has 7 heteroatoms. The molecule has 0 spiro atoms. The number of anilines is 1. The lowest BCUT2D eigenvalue weighted by atomic mass is 10.1. The maximum atomic E-state index is 13.1. The van der Waals surface area contributed by atoms with Crippen LogP contribution in [0.25, 0.3) is 5.69 Å². The van der Waals surface area contributed by atoms with Crippen LogP contribution in [0.15, 0.2) is 77.4 Å². The van der Waals surface area contributed by atoms with Crippen LogP contribution in [0, 0.1) is 13.8 Å². The van der Waals surface area contributed by atoms with Gasteiger partial charge in [0.2, 0.25) is 0 Å². The minimum atomic E-state index is -0.368. The molecule has 162 valence electrons. The van der Waals surface area contributed by atoms with Gasteiger partial charge >= 0.3 is 0 Å². The third kappa shape index (κ3) is 4.32. The zero-order valence-electron chi connectivity index (χ0n) is 18.2. The molecule has 0 bridgehead atoms. The van der Waals surface area contributed by atoms with E-state index < -0.39 is 0 Å². The molecule has 4 rings (SSSR count). The number of hydrogen-bond donors (Lipinski definition) is 1. The zero-order chi connectivity index (χ0) is 22.7. The van der Waals surface area contributed by atoms with E-state index in [1.54, 1.807) is 48.3 Å². The SMILES string of the molecule is Cc1nn(-c2ccccc2)c(C)c1CN(C)C(=O)c1cccc(NC(=O)c2ccco2)c1. The number of nitrogens with one attached hydrogen (secondary N) is 1. The Morgan fingerprint density at radius 3 is 2.53 bits per heavy atom. The van der Waals surface area contributed by atoms with E-state index in [2.05, 4.69) is 10.4 Å². The van der Waals surface area contributed by atoms with Crippen molar-refractivity contribution < 1.29 is 14.0 Å². The van der Waals surface area contributed by atoms with Gasteiger partial charge < -0.3 is 14.6 Å². The van der Waals surface area contributed by atoms with E-state index in [1.165, 1.54) is 6.26 Å². The first kappa shape index (κ1) is 21.1. The molecule has 0 atom stereocenters. The van der Waals surface area contributed by atoms with Crippen molar-refractivity contribution in [3.63, 3.8) is 0 Å². The fourth-order valence-corrected chi connectivity index (χ4v) is 3.58. The molecule has 7 nitrogen and oxygen atoms in total. The minimum Gasteiger partial charge on any atom is -0.459 e. The van der Waals surface area contributed by atoms with Crippen molar-refractivity contribution in [2.24, 2.45) is 0 Å². The molecular weight excluding hydrogens is 404 g/mol. The monoisotopic (exact) mass is 428 g/mol. The van der Waals surface area contributed by atoms with Crippen LogP contribution in [0.4, 0.5) is 5.69 Å². The van der Waals surface area contributed by atoms with Crippen molar-refractivity contribution in [2.45, 2.75) is 20.4 Å². The van der Waals surface area contributed by atoms with Gasteiger partial charge in [-0.1, -0.05) is 24.3 Å². The average Bonchev–Trinajstić information content (AvgIpc) is 3.44. The number of amides is 2. The first-order valence-corrected chi connectivity index (χ1v) is 10.2. The smallest absolute Gasteiger partial charge is 0.291 e. The molecule has 2 amide bonds. The normalized spacial score (nSPS) is 10.7. The number of hydrogen-bond acceptors (Lipinski definition) is 4. The van der Waals surface area contributed by atoms with E-state index >= 15 is 0 Å². The first-order valence-electron chi connectivity index (χ1n) is 10.2. The van der Waals surface area contributed by atoms with Gasteiger partial charge in [-0.2, -0.15) is 5.10 Å². The van der Waals surface area contributed by atoms with Crippen LogP contribution in [-0.4, -0.2) is 33.5 Å². The van der Waals surface area contributed by atoms with Gasteiger partial charge in [-0.15, -0.1) is 0 Å². The van der Waals surface area contributed by atoms with Crippen molar-refractivity contribution in [1.82, 2.24) is 14.7 Å². The number of furan rings is 1. The lowest BCUT2D eigenvalue weighted by Crippen LogP contribution is -2.27. The van der Waals surface area contributed by atoms with Crippen LogP contribution in [-0.2, 0) is 6.54 Å². The summed E-state index contributed by atoms with van der Waals surface area (Å²) in [7, 11) is 1.76. The van der Waals surface area contributed by atoms with Crippen LogP contribution < -0.4 is 5.32 Å². The van der Waals surface area contributed by atoms with Crippen molar-refractivity contribution in [1.29, 1.82) is 0 Å². The van der Waals surface area contributed by atoms with Crippen LogP contribution in [0.1, 0.15) is 37.9 Å². The zero-order valence-corrected chi connectivity index (χ0v) is 18.2. The summed E-state index contributed by atoms with van der Waals surface area (Å²) in [5.41, 5.74) is 4.86. The van der Waals surface area contributed by atoms with Gasteiger partial charge in [0.15, 0.2) is 5.76 Å². The van der Waals surface area contributed by atoms with Gasteiger partial charge in [-0.3, -0.25) is 9.59 Å². The number of aryl methyl sites for hydroxylation is 1. The van der Waals surface area contributed by atoms with Gasteiger partial charge in [-0.05, 0) is 56.3 Å². The molecule has 0 fully saturated rings. The fraction of sp³-hybridized carbons (Fsp3) is 0.160. The Hall–Kier alpha value is -4.13. The number of para-hydroxylation sites is 1. The highest BCUT2D eigenvalue weighted by Gasteiger charge is 2.19. The molecule has 0 unspecified atom stereocenters. The summed E-state index contributed by atoms with van der Waals surface area (Å²) < 4.78 is 7.01. The summed E-state index contributed by atoms with van der Waals surface area (Å²) in [5.74, 6) is -0.307. The van der Waals surface area contributed by atoms with Crippen molar-refractivity contribution in [3.8, 4) is 5.69 Å². The van der Waals surface area contributed by atoms with Crippen LogP contribution in [0.3, 0.4) is 0 Å². The van der Waals surface area contributed by atoms with Gasteiger partial charge in [-0.25, -0.2) is 4.68 Å². The standard InChI is InChI=1S/C25H24N4O3/c1-17-22(18(2)29(27-17)21-11-5-4-6-12-21)16-28(3)25(31)19-9-7-10-20(15-19)26-24(30)23-13-8-14-32-23/h4-15H,16H2,1-3H3,(H,26,30). The Morgan fingerprint density at radius 1 is 1.03 bits per heavy atom. The fourth-order valence-electron chi connectivity index (χ4n) is 3.58. The number of aromatic nitrogens is 2. The third-order valence-corrected chi connectivity index (χ3v) is 5.30. The molecule has 0 radical (unpaired) electrons. The largest absolute Gasteiger partial charge is 0.459 e. The second kappa shape index (κ2) is 8.93. The van der Waals surface area contributed by atoms with E-state index in [0.717, 1.165) is 22.6 Å². The molecule has 0 saturated heterocycles. The summed E-state index contributed by atoms with van der Waals surface area (Å²) in [6, 6.07) is 20.0. The predicted molar refractivity (Wildman–Crippen MR) is 122 cm³/mol. The third-order valence-electron chi connectivity index (χ3n) is 5.30. The first-order chi connectivity index (χ1) is 15.4. The summed E-state index contributed by atoms with van der Waals surface area (Å²) >= 11 is 0. The molecule has 2 aromatic carbocycles. The molecule has 4 aromatic rings. The molecule has 0 aliphatic heterocycles. The molecule has 2 aromatic heterocycles. The van der Waals surface area contributed by atoms with E-state index in [0.29, 0.717) is 17.8 Å². The summed E-state index contributed by atoms with van der Waals surface area (Å²) in [4.78, 5) is 27.0. The van der Waals surface area contributed by atoms with Crippen molar-refractivity contribution in [3.05, 3.63) is 101 Å². The highest BCUT2D eigenvalue weighted by molar-refractivity contribution is 6.03. The Morgan fingerprint density at radius 2 is 1.81 bits per heavy atom. The Labute approximate surface area is 186 Å². The van der Waals surface area contributed by atoms with Crippen molar-refractivity contribution >= 4 is 17.5 Å². The maximum absolute atomic E-state index is 13.1. The molecular formula is C25H24N4O3. The molecule has 32 heavy (non-hydrogen) atoms. The van der Waals surface area contributed by atoms with E-state index in [1.807, 2.05) is 48.9 Å². The molecule has 0 aliphatic carbocycles. The Bertz CT molecular complexity index is 1240. The minimum absolute atomic E-state index is 0.148. The second-order valence-corrected chi connectivity index (χ2v) is 7.57. The summed E-state index contributed by atoms with van der Waals surface area (Å²) in [6.45, 7) is 4.38. The molecule has 1 N–H and O–H groups in total. The average molecular weight is 428 g/mol. The Kier molecular flexibility index (Phi) is 5.89. The van der Waals surface area contributed by atoms with Gasteiger partial charge in [0.25, 0.3) is 11.8 Å². The van der Waals surface area contributed by atoms with Gasteiger partial charge in [0, 0.05) is 36.1 Å². The lowest BCUT2D eigenvalue weighted by Gasteiger charge is -2.18. The molecule has 2 heterocycles. The molecule has 0 aliphatic rings. The lowest BCUT2D eigenvalue weighted by molar-refractivity contribution is 0.0784. The number of carbonyl (C=O) groups excluding carboxylic acids is 2. The van der Waals surface area contributed by atoms with Crippen LogP contribution >= 0.6 is 0 Å². The number of benzene rings is 2. The quantitative estimate of drug-likeness (QED) is 0.486. The number of rotatable bonds is 6. The van der Waals surface area contributed by atoms with Crippen molar-refractivity contribution in [2.75, 3.05) is 12.4 Å².